The molecule has 0 aliphatic carbocycles. The van der Waals surface area contributed by atoms with Crippen LogP contribution in [-0.4, -0.2) is 22.1 Å². The van der Waals surface area contributed by atoms with Gasteiger partial charge in [-0.2, -0.15) is 0 Å². The van der Waals surface area contributed by atoms with E-state index in [9.17, 15) is 9.59 Å². The number of carboxylic acids is 1. The van der Waals surface area contributed by atoms with Crippen LogP contribution in [-0.2, 0) is 0 Å². The van der Waals surface area contributed by atoms with Crippen molar-refractivity contribution in [3.63, 3.8) is 0 Å². The van der Waals surface area contributed by atoms with Crippen molar-refractivity contribution < 1.29 is 14.7 Å². The van der Waals surface area contributed by atoms with E-state index >= 15 is 0 Å². The zero-order chi connectivity index (χ0) is 15.2. The highest BCUT2D eigenvalue weighted by Crippen LogP contribution is 2.11. The van der Waals surface area contributed by atoms with Gasteiger partial charge < -0.3 is 15.7 Å². The molecule has 3 N–H and O–H groups in total. The van der Waals surface area contributed by atoms with Crippen molar-refractivity contribution in [2.45, 2.75) is 0 Å². The first-order valence-electron chi connectivity index (χ1n) is 5.92. The molecule has 6 nitrogen and oxygen atoms in total. The van der Waals surface area contributed by atoms with Gasteiger partial charge in [0.05, 0.1) is 11.9 Å². The van der Waals surface area contributed by atoms with Gasteiger partial charge in [-0.15, -0.1) is 6.42 Å². The molecule has 1 aromatic carbocycles. The van der Waals surface area contributed by atoms with Crippen LogP contribution in [0, 0.1) is 12.3 Å². The molecule has 0 saturated heterocycles. The van der Waals surface area contributed by atoms with E-state index < -0.39 is 12.0 Å². The van der Waals surface area contributed by atoms with E-state index in [1.165, 1.54) is 18.3 Å². The standard InChI is InChI=1S/C15H11N3O3/c1-2-10-4-3-5-11(8-10)17-15(21)18-12-6-7-13(14(19)20)16-9-12/h1,3-9H,(H,19,20)(H2,17,18,21). The molecule has 1 heterocycles. The van der Waals surface area contributed by atoms with Crippen molar-refractivity contribution in [1.82, 2.24) is 4.98 Å². The molecule has 0 radical (unpaired) electrons. The molecular weight excluding hydrogens is 270 g/mol. The zero-order valence-electron chi connectivity index (χ0n) is 10.8. The second-order valence-electron chi connectivity index (χ2n) is 4.04. The van der Waals surface area contributed by atoms with Crippen LogP contribution in [0.4, 0.5) is 16.2 Å². The predicted molar refractivity (Wildman–Crippen MR) is 78.2 cm³/mol. The molecule has 1 aromatic heterocycles. The molecule has 21 heavy (non-hydrogen) atoms. The van der Waals surface area contributed by atoms with Crippen LogP contribution in [0.1, 0.15) is 16.1 Å². The summed E-state index contributed by atoms with van der Waals surface area (Å²) in [5, 5.41) is 13.9. The molecule has 2 aromatic rings. The second-order valence-corrected chi connectivity index (χ2v) is 4.04. The Kier molecular flexibility index (Phi) is 4.17. The number of anilines is 2. The Morgan fingerprint density at radius 2 is 1.90 bits per heavy atom. The fourth-order valence-corrected chi connectivity index (χ4v) is 1.57. The quantitative estimate of drug-likeness (QED) is 0.753. The number of pyridine rings is 1. The molecule has 0 spiro atoms. The van der Waals surface area contributed by atoms with Gasteiger partial charge in [0, 0.05) is 11.3 Å². The Bertz CT molecular complexity index is 718. The summed E-state index contributed by atoms with van der Waals surface area (Å²) in [5.41, 5.74) is 1.49. The number of urea groups is 1. The minimum absolute atomic E-state index is 0.0947. The predicted octanol–water partition coefficient (Wildman–Crippen LogP) is 2.41. The highest BCUT2D eigenvalue weighted by atomic mass is 16.4. The van der Waals surface area contributed by atoms with Gasteiger partial charge in [0.15, 0.2) is 0 Å². The highest BCUT2D eigenvalue weighted by molar-refractivity contribution is 5.99. The largest absolute Gasteiger partial charge is 0.477 e. The van der Waals surface area contributed by atoms with Crippen LogP contribution in [0.5, 0.6) is 0 Å². The van der Waals surface area contributed by atoms with Crippen molar-refractivity contribution in [1.29, 1.82) is 0 Å². The van der Waals surface area contributed by atoms with E-state index in [0.717, 1.165) is 0 Å². The Balaban J connectivity index is 2.01. The van der Waals surface area contributed by atoms with Crippen LogP contribution >= 0.6 is 0 Å². The van der Waals surface area contributed by atoms with E-state index in [0.29, 0.717) is 16.9 Å². The lowest BCUT2D eigenvalue weighted by atomic mass is 10.2. The summed E-state index contributed by atoms with van der Waals surface area (Å²) in [6.45, 7) is 0. The topological polar surface area (TPSA) is 91.3 Å². The first kappa shape index (κ1) is 14.1. The number of carboxylic acid groups (broad SMARTS) is 1. The molecule has 104 valence electrons. The number of terminal acetylenes is 1. The number of nitrogens with zero attached hydrogens (tertiary/aromatic N) is 1. The lowest BCUT2D eigenvalue weighted by Gasteiger charge is -2.07. The van der Waals surface area contributed by atoms with Crippen LogP contribution in [0.2, 0.25) is 0 Å². The van der Waals surface area contributed by atoms with Crippen molar-refractivity contribution in [3.8, 4) is 12.3 Å². The Hall–Kier alpha value is -3.33. The average molecular weight is 281 g/mol. The van der Waals surface area contributed by atoms with Gasteiger partial charge in [0.1, 0.15) is 5.69 Å². The van der Waals surface area contributed by atoms with Crippen LogP contribution in [0.3, 0.4) is 0 Å². The van der Waals surface area contributed by atoms with Crippen LogP contribution < -0.4 is 10.6 Å². The first-order chi connectivity index (χ1) is 10.1. The summed E-state index contributed by atoms with van der Waals surface area (Å²) in [5.74, 6) is 1.34. The molecule has 0 aliphatic heterocycles. The molecule has 0 atom stereocenters. The highest BCUT2D eigenvalue weighted by Gasteiger charge is 2.06. The normalized spacial score (nSPS) is 9.48. The van der Waals surface area contributed by atoms with Crippen LogP contribution in [0.25, 0.3) is 0 Å². The molecule has 2 amide bonds. The van der Waals surface area contributed by atoms with E-state index in [4.69, 9.17) is 11.5 Å². The maximum absolute atomic E-state index is 11.8. The van der Waals surface area contributed by atoms with E-state index in [2.05, 4.69) is 21.5 Å². The minimum atomic E-state index is -1.13. The molecule has 0 fully saturated rings. The van der Waals surface area contributed by atoms with Gasteiger partial charge in [-0.3, -0.25) is 0 Å². The van der Waals surface area contributed by atoms with Crippen molar-refractivity contribution in [2.75, 3.05) is 10.6 Å². The summed E-state index contributed by atoms with van der Waals surface area (Å²) in [6, 6.07) is 9.11. The number of rotatable bonds is 3. The number of hydrogen-bond donors (Lipinski definition) is 3. The van der Waals surface area contributed by atoms with E-state index in [1.54, 1.807) is 24.3 Å². The third-order valence-electron chi connectivity index (χ3n) is 2.53. The zero-order valence-corrected chi connectivity index (χ0v) is 10.8. The molecular formula is C15H11N3O3. The molecule has 0 unspecified atom stereocenters. The molecule has 0 bridgehead atoms. The van der Waals surface area contributed by atoms with Crippen molar-refractivity contribution >= 4 is 23.4 Å². The Labute approximate surface area is 120 Å². The Morgan fingerprint density at radius 3 is 2.52 bits per heavy atom. The Morgan fingerprint density at radius 1 is 1.14 bits per heavy atom. The van der Waals surface area contributed by atoms with Gasteiger partial charge in [-0.1, -0.05) is 12.0 Å². The number of carbonyl (C=O) groups excluding carboxylic acids is 1. The minimum Gasteiger partial charge on any atom is -0.477 e. The van der Waals surface area contributed by atoms with Gasteiger partial charge in [-0.05, 0) is 30.3 Å². The summed E-state index contributed by atoms with van der Waals surface area (Å²) >= 11 is 0. The molecule has 6 heteroatoms. The number of aromatic carboxylic acids is 1. The van der Waals surface area contributed by atoms with E-state index in [-0.39, 0.29) is 5.69 Å². The lowest BCUT2D eigenvalue weighted by Crippen LogP contribution is -2.19. The summed E-state index contributed by atoms with van der Waals surface area (Å²) in [7, 11) is 0. The molecule has 2 rings (SSSR count). The molecule has 0 aliphatic rings. The van der Waals surface area contributed by atoms with Crippen molar-refractivity contribution in [3.05, 3.63) is 53.9 Å². The third-order valence-corrected chi connectivity index (χ3v) is 2.53. The fraction of sp³-hybridized carbons (Fsp3) is 0. The summed E-state index contributed by atoms with van der Waals surface area (Å²) < 4.78 is 0. The number of hydrogen-bond acceptors (Lipinski definition) is 3. The monoisotopic (exact) mass is 281 g/mol. The SMILES string of the molecule is C#Cc1cccc(NC(=O)Nc2ccc(C(=O)O)nc2)c1. The summed E-state index contributed by atoms with van der Waals surface area (Å²) in [4.78, 5) is 26.1. The molecule has 0 saturated carbocycles. The number of benzene rings is 1. The smallest absolute Gasteiger partial charge is 0.354 e. The van der Waals surface area contributed by atoms with Crippen molar-refractivity contribution in [2.24, 2.45) is 0 Å². The second kappa shape index (κ2) is 6.21. The average Bonchev–Trinajstić information content (AvgIpc) is 2.47. The fourth-order valence-electron chi connectivity index (χ4n) is 1.57. The number of nitrogens with one attached hydrogen (secondary N) is 2. The van der Waals surface area contributed by atoms with Gasteiger partial charge in [0.25, 0.3) is 0 Å². The number of amides is 2. The maximum Gasteiger partial charge on any atom is 0.354 e. The number of aromatic nitrogens is 1. The van der Waals surface area contributed by atoms with Gasteiger partial charge in [0.2, 0.25) is 0 Å². The maximum atomic E-state index is 11.8. The first-order valence-corrected chi connectivity index (χ1v) is 5.92. The number of carbonyl (C=O) groups is 2. The van der Waals surface area contributed by atoms with Gasteiger partial charge in [-0.25, -0.2) is 14.6 Å². The summed E-state index contributed by atoms with van der Waals surface area (Å²) in [6.07, 6.45) is 6.54. The van der Waals surface area contributed by atoms with Gasteiger partial charge >= 0.3 is 12.0 Å². The third kappa shape index (κ3) is 3.81. The van der Waals surface area contributed by atoms with E-state index in [1.807, 2.05) is 0 Å². The van der Waals surface area contributed by atoms with Crippen LogP contribution in [0.15, 0.2) is 42.6 Å². The lowest BCUT2D eigenvalue weighted by molar-refractivity contribution is 0.0690.